The molecule has 6 nitrogen and oxygen atoms in total. The first-order valence-corrected chi connectivity index (χ1v) is 28.7. The van der Waals surface area contributed by atoms with Gasteiger partial charge in [-0.15, -0.1) is 0 Å². The molecule has 0 aromatic heterocycles. The van der Waals surface area contributed by atoms with Crippen LogP contribution in [0.5, 0.6) is 0 Å². The van der Waals surface area contributed by atoms with Crippen LogP contribution in [0.3, 0.4) is 0 Å². The highest BCUT2D eigenvalue weighted by Gasteiger charge is 2.19. The highest BCUT2D eigenvalue weighted by molar-refractivity contribution is 5.71. The highest BCUT2D eigenvalue weighted by Crippen LogP contribution is 2.13. The van der Waals surface area contributed by atoms with Crippen molar-refractivity contribution in [1.82, 2.24) is 0 Å². The first-order valence-electron chi connectivity index (χ1n) is 28.7. The van der Waals surface area contributed by atoms with E-state index in [1.165, 1.54) is 51.4 Å². The van der Waals surface area contributed by atoms with Gasteiger partial charge in [0.25, 0.3) is 0 Å². The molecule has 0 aliphatic heterocycles. The lowest BCUT2D eigenvalue weighted by Crippen LogP contribution is -2.30. The van der Waals surface area contributed by atoms with Crippen LogP contribution >= 0.6 is 0 Å². The van der Waals surface area contributed by atoms with Crippen LogP contribution in [0.1, 0.15) is 239 Å². The molecule has 0 amide bonds. The van der Waals surface area contributed by atoms with Crippen molar-refractivity contribution in [3.05, 3.63) is 134 Å². The minimum Gasteiger partial charge on any atom is -0.462 e. The van der Waals surface area contributed by atoms with E-state index in [0.29, 0.717) is 19.3 Å². The molecule has 0 spiro atoms. The first kappa shape index (κ1) is 66.6. The van der Waals surface area contributed by atoms with Crippen molar-refractivity contribution in [1.29, 1.82) is 0 Å². The quantitative estimate of drug-likeness (QED) is 0.0262. The number of hydrogen-bond donors (Lipinski definition) is 0. The summed E-state index contributed by atoms with van der Waals surface area (Å²) >= 11 is 0. The number of unbranched alkanes of at least 4 members (excludes halogenated alkanes) is 17. The van der Waals surface area contributed by atoms with Crippen molar-refractivity contribution >= 4 is 17.9 Å². The standard InChI is InChI=1S/C65H104O6/c1-4-7-10-13-16-19-22-25-28-29-30-31-32-33-34-35-38-40-43-46-49-52-55-58-64(67)70-61-62(71-65(68)59-56-53-50-47-44-41-37-27-24-21-18-15-12-9-6-3)60-69-63(66)57-54-51-48-45-42-39-36-26-23-20-17-14-11-8-5-2/h7,10,16-21,25-28,30-31,33-34,36-38,40,46,49,62H,4-6,8-9,11-15,22-24,29,32,35,39,41-45,47-48,50-61H2,1-3H3/b10-7-,19-16-,20-17-,21-18-,28-25-,31-30-,34-33-,36-26-,37-27-,40-38-,49-46-. The van der Waals surface area contributed by atoms with E-state index < -0.39 is 6.10 Å². The third kappa shape index (κ3) is 56.3. The second kappa shape index (κ2) is 58.1. The molecule has 0 saturated carbocycles. The molecule has 0 bridgehead atoms. The van der Waals surface area contributed by atoms with Gasteiger partial charge in [-0.05, 0) is 135 Å². The van der Waals surface area contributed by atoms with E-state index in [9.17, 15) is 14.4 Å². The van der Waals surface area contributed by atoms with Crippen LogP contribution in [0, 0.1) is 0 Å². The number of ether oxygens (including phenoxy) is 3. The molecule has 400 valence electrons. The Morgan fingerprint density at radius 3 is 0.915 bits per heavy atom. The zero-order valence-corrected chi connectivity index (χ0v) is 45.7. The lowest BCUT2D eigenvalue weighted by Gasteiger charge is -2.18. The van der Waals surface area contributed by atoms with Crippen LogP contribution < -0.4 is 0 Å². The van der Waals surface area contributed by atoms with Crippen molar-refractivity contribution in [3.63, 3.8) is 0 Å². The molecule has 1 unspecified atom stereocenters. The molecular formula is C65H104O6. The lowest BCUT2D eigenvalue weighted by molar-refractivity contribution is -0.167. The zero-order chi connectivity index (χ0) is 51.4. The Bertz CT molecular complexity index is 1550. The molecule has 0 saturated heterocycles. The smallest absolute Gasteiger partial charge is 0.306 e. The SMILES string of the molecule is CC/C=C\C/C=C\C/C=C\C/C=C\C/C=C\C/C=C\C/C=C\CCCC(=O)OCC(COC(=O)CCCCCCC/C=C\C/C=C\CCCCC)OC(=O)CCCCCCC/C=C\C/C=C\CCCCC. The molecule has 0 aromatic carbocycles. The van der Waals surface area contributed by atoms with Gasteiger partial charge in [0, 0.05) is 19.3 Å². The molecule has 0 aromatic rings. The summed E-state index contributed by atoms with van der Waals surface area (Å²) in [5.74, 6) is -1.01. The topological polar surface area (TPSA) is 78.9 Å². The van der Waals surface area contributed by atoms with Crippen molar-refractivity contribution in [2.24, 2.45) is 0 Å². The number of esters is 3. The lowest BCUT2D eigenvalue weighted by atomic mass is 10.1. The fourth-order valence-corrected chi connectivity index (χ4v) is 7.31. The van der Waals surface area contributed by atoms with E-state index in [2.05, 4.69) is 154 Å². The minimum atomic E-state index is -0.820. The maximum atomic E-state index is 12.8. The Labute approximate surface area is 436 Å². The summed E-state index contributed by atoms with van der Waals surface area (Å²) in [4.78, 5) is 38.1. The largest absolute Gasteiger partial charge is 0.462 e. The van der Waals surface area contributed by atoms with E-state index >= 15 is 0 Å². The highest BCUT2D eigenvalue weighted by atomic mass is 16.6. The number of carbonyl (C=O) groups is 3. The second-order valence-electron chi connectivity index (χ2n) is 18.5. The van der Waals surface area contributed by atoms with Gasteiger partial charge in [-0.3, -0.25) is 14.4 Å². The van der Waals surface area contributed by atoms with Gasteiger partial charge in [-0.2, -0.15) is 0 Å². The van der Waals surface area contributed by atoms with Crippen molar-refractivity contribution in [2.45, 2.75) is 245 Å². The Balaban J connectivity index is 4.53. The van der Waals surface area contributed by atoms with E-state index in [4.69, 9.17) is 14.2 Å². The summed E-state index contributed by atoms with van der Waals surface area (Å²) in [5, 5.41) is 0. The van der Waals surface area contributed by atoms with Crippen molar-refractivity contribution < 1.29 is 28.6 Å². The van der Waals surface area contributed by atoms with E-state index in [-0.39, 0.29) is 37.5 Å². The van der Waals surface area contributed by atoms with E-state index in [0.717, 1.165) is 141 Å². The van der Waals surface area contributed by atoms with Crippen LogP contribution in [0.25, 0.3) is 0 Å². The normalized spacial score (nSPS) is 13.1. The predicted molar refractivity (Wildman–Crippen MR) is 306 cm³/mol. The summed E-state index contributed by atoms with van der Waals surface area (Å²) in [6, 6.07) is 0. The molecule has 0 aliphatic carbocycles. The van der Waals surface area contributed by atoms with Gasteiger partial charge in [0.1, 0.15) is 13.2 Å². The molecule has 1 atom stereocenters. The van der Waals surface area contributed by atoms with Gasteiger partial charge < -0.3 is 14.2 Å². The summed E-state index contributed by atoms with van der Waals surface area (Å²) in [6.45, 7) is 6.39. The molecule has 0 heterocycles. The van der Waals surface area contributed by atoms with Crippen molar-refractivity contribution in [3.8, 4) is 0 Å². The Morgan fingerprint density at radius 1 is 0.296 bits per heavy atom. The number of allylic oxidation sites excluding steroid dienone is 22. The first-order chi connectivity index (χ1) is 35.0. The second-order valence-corrected chi connectivity index (χ2v) is 18.5. The Kier molecular flexibility index (Phi) is 54.5. The monoisotopic (exact) mass is 981 g/mol. The van der Waals surface area contributed by atoms with Crippen LogP contribution in [-0.2, 0) is 28.6 Å². The van der Waals surface area contributed by atoms with Gasteiger partial charge in [-0.25, -0.2) is 0 Å². The summed E-state index contributed by atoms with van der Waals surface area (Å²) < 4.78 is 16.8. The zero-order valence-electron chi connectivity index (χ0n) is 45.7. The molecule has 71 heavy (non-hydrogen) atoms. The summed E-state index contributed by atoms with van der Waals surface area (Å²) in [5.41, 5.74) is 0. The molecule has 0 aliphatic rings. The number of rotatable bonds is 50. The fraction of sp³-hybridized carbons (Fsp3) is 0.615. The van der Waals surface area contributed by atoms with Gasteiger partial charge in [0.15, 0.2) is 6.10 Å². The molecule has 0 rings (SSSR count). The van der Waals surface area contributed by atoms with Gasteiger partial charge >= 0.3 is 17.9 Å². The van der Waals surface area contributed by atoms with Crippen molar-refractivity contribution in [2.75, 3.05) is 13.2 Å². The molecular weight excluding hydrogens is 877 g/mol. The van der Waals surface area contributed by atoms with Gasteiger partial charge in [0.2, 0.25) is 0 Å². The van der Waals surface area contributed by atoms with Crippen LogP contribution in [-0.4, -0.2) is 37.2 Å². The van der Waals surface area contributed by atoms with Crippen LogP contribution in [0.4, 0.5) is 0 Å². The number of hydrogen-bond acceptors (Lipinski definition) is 6. The predicted octanol–water partition coefficient (Wildman–Crippen LogP) is 19.4. The average molecular weight is 982 g/mol. The molecule has 0 radical (unpaired) electrons. The molecule has 6 heteroatoms. The maximum absolute atomic E-state index is 12.8. The van der Waals surface area contributed by atoms with Crippen LogP contribution in [0.15, 0.2) is 134 Å². The van der Waals surface area contributed by atoms with Gasteiger partial charge in [0.05, 0.1) is 0 Å². The molecule has 0 N–H and O–H groups in total. The maximum Gasteiger partial charge on any atom is 0.306 e. The fourth-order valence-electron chi connectivity index (χ4n) is 7.31. The van der Waals surface area contributed by atoms with E-state index in [1.54, 1.807) is 0 Å². The third-order valence-electron chi connectivity index (χ3n) is 11.6. The number of carbonyl (C=O) groups excluding carboxylic acids is 3. The third-order valence-corrected chi connectivity index (χ3v) is 11.6. The minimum absolute atomic E-state index is 0.113. The molecule has 0 fully saturated rings. The Morgan fingerprint density at radius 2 is 0.563 bits per heavy atom. The average Bonchev–Trinajstić information content (AvgIpc) is 3.37. The van der Waals surface area contributed by atoms with Gasteiger partial charge in [-0.1, -0.05) is 219 Å². The Hall–Kier alpha value is -4.45. The summed E-state index contributed by atoms with van der Waals surface area (Å²) in [6.07, 6.45) is 81.5. The summed E-state index contributed by atoms with van der Waals surface area (Å²) in [7, 11) is 0. The van der Waals surface area contributed by atoms with Crippen LogP contribution in [0.2, 0.25) is 0 Å². The van der Waals surface area contributed by atoms with E-state index in [1.807, 2.05) is 0 Å².